The van der Waals surface area contributed by atoms with Gasteiger partial charge >= 0.3 is 0 Å². The second-order valence-electron chi connectivity index (χ2n) is 4.80. The van der Waals surface area contributed by atoms with Gasteiger partial charge in [0.05, 0.1) is 5.02 Å². The highest BCUT2D eigenvalue weighted by molar-refractivity contribution is 7.89. The smallest absolute Gasteiger partial charge is 0.244 e. The normalized spacial score (nSPS) is 12.1. The van der Waals surface area contributed by atoms with Gasteiger partial charge in [0.1, 0.15) is 9.88 Å². The Bertz CT molecular complexity index is 618. The molecule has 0 aliphatic heterocycles. The number of aliphatic hydroxyl groups is 1. The molecule has 0 bridgehead atoms. The van der Waals surface area contributed by atoms with Crippen LogP contribution in [0.1, 0.15) is 25.8 Å². The summed E-state index contributed by atoms with van der Waals surface area (Å²) in [5, 5.41) is 9.04. The quantitative estimate of drug-likeness (QED) is 0.732. The van der Waals surface area contributed by atoms with Crippen LogP contribution < -0.4 is 5.73 Å². The van der Waals surface area contributed by atoms with Crippen LogP contribution in [0.5, 0.6) is 0 Å². The Morgan fingerprint density at radius 2 is 2.10 bits per heavy atom. The first-order valence-electron chi connectivity index (χ1n) is 6.44. The SMILES string of the molecule is CC(C)N(CCCO)S(=O)(=O)c1cc(C(N)=S)ccc1Cl. The van der Waals surface area contributed by atoms with Crippen LogP contribution in [0.2, 0.25) is 5.02 Å². The Kier molecular flexibility index (Phi) is 6.55. The Morgan fingerprint density at radius 3 is 2.57 bits per heavy atom. The van der Waals surface area contributed by atoms with E-state index >= 15 is 0 Å². The van der Waals surface area contributed by atoms with Gasteiger partial charge in [-0.2, -0.15) is 4.31 Å². The molecule has 0 aromatic heterocycles. The van der Waals surface area contributed by atoms with E-state index in [-0.39, 0.29) is 34.1 Å². The number of rotatable bonds is 7. The molecule has 5 nitrogen and oxygen atoms in total. The maximum atomic E-state index is 12.8. The van der Waals surface area contributed by atoms with Crippen LogP contribution in [-0.4, -0.2) is 42.0 Å². The molecule has 8 heteroatoms. The third-order valence-electron chi connectivity index (χ3n) is 2.91. The van der Waals surface area contributed by atoms with Gasteiger partial charge in [-0.05, 0) is 32.4 Å². The molecule has 21 heavy (non-hydrogen) atoms. The molecule has 0 radical (unpaired) electrons. The Hall–Kier alpha value is -0.730. The first-order valence-corrected chi connectivity index (χ1v) is 8.66. The number of nitrogens with zero attached hydrogens (tertiary/aromatic N) is 1. The van der Waals surface area contributed by atoms with Crippen molar-refractivity contribution in [2.75, 3.05) is 13.2 Å². The lowest BCUT2D eigenvalue weighted by atomic mass is 10.2. The van der Waals surface area contributed by atoms with Crippen molar-refractivity contribution in [3.8, 4) is 0 Å². The molecule has 0 unspecified atom stereocenters. The lowest BCUT2D eigenvalue weighted by molar-refractivity contribution is 0.258. The number of hydrogen-bond acceptors (Lipinski definition) is 4. The van der Waals surface area contributed by atoms with Gasteiger partial charge in [0.2, 0.25) is 10.0 Å². The second-order valence-corrected chi connectivity index (χ2v) is 7.50. The first-order chi connectivity index (χ1) is 9.71. The molecule has 1 rings (SSSR count). The molecular formula is C13H19ClN2O3S2. The third kappa shape index (κ3) is 4.37. The van der Waals surface area contributed by atoms with Crippen LogP contribution in [0, 0.1) is 0 Å². The average molecular weight is 351 g/mol. The van der Waals surface area contributed by atoms with Gasteiger partial charge in [0.15, 0.2) is 0 Å². The first kappa shape index (κ1) is 18.3. The summed E-state index contributed by atoms with van der Waals surface area (Å²) in [5.41, 5.74) is 5.98. The van der Waals surface area contributed by atoms with Gasteiger partial charge in [-0.3, -0.25) is 0 Å². The number of halogens is 1. The van der Waals surface area contributed by atoms with Gasteiger partial charge in [-0.15, -0.1) is 0 Å². The van der Waals surface area contributed by atoms with E-state index < -0.39 is 10.0 Å². The lowest BCUT2D eigenvalue weighted by Crippen LogP contribution is -2.38. The van der Waals surface area contributed by atoms with Crippen molar-refractivity contribution in [2.24, 2.45) is 5.73 Å². The summed E-state index contributed by atoms with van der Waals surface area (Å²) in [6, 6.07) is 4.17. The van der Waals surface area contributed by atoms with E-state index in [4.69, 9.17) is 34.7 Å². The summed E-state index contributed by atoms with van der Waals surface area (Å²) in [4.78, 5) is 0.0793. The molecule has 1 aromatic rings. The Labute approximate surface area is 135 Å². The topological polar surface area (TPSA) is 83.6 Å². The molecule has 0 aliphatic rings. The number of aliphatic hydroxyl groups excluding tert-OH is 1. The van der Waals surface area contributed by atoms with E-state index in [9.17, 15) is 8.42 Å². The molecule has 0 saturated carbocycles. The summed E-state index contributed by atoms with van der Waals surface area (Å²) >= 11 is 10.9. The molecule has 118 valence electrons. The molecule has 0 aliphatic carbocycles. The summed E-state index contributed by atoms with van der Waals surface area (Å²) < 4.78 is 26.8. The number of hydrogen-bond donors (Lipinski definition) is 2. The van der Waals surface area contributed by atoms with Crippen molar-refractivity contribution < 1.29 is 13.5 Å². The molecule has 0 spiro atoms. The maximum absolute atomic E-state index is 12.8. The fourth-order valence-corrected chi connectivity index (χ4v) is 4.17. The zero-order chi connectivity index (χ0) is 16.2. The third-order valence-corrected chi connectivity index (χ3v) is 5.71. The number of sulfonamides is 1. The van der Waals surface area contributed by atoms with Crippen LogP contribution in [-0.2, 0) is 10.0 Å². The Balaban J connectivity index is 3.33. The van der Waals surface area contributed by atoms with Crippen LogP contribution in [0.3, 0.4) is 0 Å². The van der Waals surface area contributed by atoms with Crippen molar-refractivity contribution in [3.05, 3.63) is 28.8 Å². The standard InChI is InChI=1S/C13H19ClN2O3S2/c1-9(2)16(6-3-7-17)21(18,19)12-8-10(13(15)20)4-5-11(12)14/h4-5,8-9,17H,3,6-7H2,1-2H3,(H2,15,20). The number of benzene rings is 1. The zero-order valence-electron chi connectivity index (χ0n) is 11.9. The summed E-state index contributed by atoms with van der Waals surface area (Å²) in [6.45, 7) is 3.66. The molecule has 0 amide bonds. The highest BCUT2D eigenvalue weighted by Gasteiger charge is 2.29. The predicted octanol–water partition coefficient (Wildman–Crippen LogP) is 1.76. The molecule has 0 heterocycles. The summed E-state index contributed by atoms with van der Waals surface area (Å²) in [5.74, 6) is 0. The Morgan fingerprint density at radius 1 is 1.48 bits per heavy atom. The predicted molar refractivity (Wildman–Crippen MR) is 88.1 cm³/mol. The van der Waals surface area contributed by atoms with Crippen LogP contribution in [0.4, 0.5) is 0 Å². The highest BCUT2D eigenvalue weighted by atomic mass is 35.5. The zero-order valence-corrected chi connectivity index (χ0v) is 14.3. The van der Waals surface area contributed by atoms with Crippen molar-refractivity contribution >= 4 is 38.8 Å². The number of thiocarbonyl (C=S) groups is 1. The molecule has 1 aromatic carbocycles. The summed E-state index contributed by atoms with van der Waals surface area (Å²) in [7, 11) is -3.78. The van der Waals surface area contributed by atoms with Crippen LogP contribution >= 0.6 is 23.8 Å². The molecule has 0 atom stereocenters. The lowest BCUT2D eigenvalue weighted by Gasteiger charge is -2.26. The minimum atomic E-state index is -3.78. The van der Waals surface area contributed by atoms with Crippen molar-refractivity contribution in [1.82, 2.24) is 4.31 Å². The van der Waals surface area contributed by atoms with Crippen LogP contribution in [0.25, 0.3) is 0 Å². The fourth-order valence-electron chi connectivity index (χ4n) is 1.86. The van der Waals surface area contributed by atoms with E-state index in [1.54, 1.807) is 19.9 Å². The fraction of sp³-hybridized carbons (Fsp3) is 0.462. The van der Waals surface area contributed by atoms with Gasteiger partial charge in [0, 0.05) is 24.8 Å². The summed E-state index contributed by atoms with van der Waals surface area (Å²) in [6.07, 6.45) is 0.351. The van der Waals surface area contributed by atoms with E-state index in [0.717, 1.165) is 0 Å². The van der Waals surface area contributed by atoms with Crippen molar-refractivity contribution in [2.45, 2.75) is 31.2 Å². The van der Waals surface area contributed by atoms with E-state index in [0.29, 0.717) is 12.0 Å². The molecule has 0 fully saturated rings. The molecule has 0 saturated heterocycles. The second kappa shape index (κ2) is 7.51. The highest BCUT2D eigenvalue weighted by Crippen LogP contribution is 2.27. The average Bonchev–Trinajstić information content (AvgIpc) is 2.38. The largest absolute Gasteiger partial charge is 0.396 e. The van der Waals surface area contributed by atoms with E-state index in [2.05, 4.69) is 0 Å². The minimum Gasteiger partial charge on any atom is -0.396 e. The van der Waals surface area contributed by atoms with Gasteiger partial charge < -0.3 is 10.8 Å². The molecular weight excluding hydrogens is 332 g/mol. The monoisotopic (exact) mass is 350 g/mol. The van der Waals surface area contributed by atoms with Crippen LogP contribution in [0.15, 0.2) is 23.1 Å². The van der Waals surface area contributed by atoms with Gasteiger partial charge in [-0.25, -0.2) is 8.42 Å². The van der Waals surface area contributed by atoms with Gasteiger partial charge in [-0.1, -0.05) is 29.9 Å². The minimum absolute atomic E-state index is 0.0268. The van der Waals surface area contributed by atoms with E-state index in [1.165, 1.54) is 16.4 Å². The van der Waals surface area contributed by atoms with Crippen molar-refractivity contribution in [3.63, 3.8) is 0 Å². The number of nitrogens with two attached hydrogens (primary N) is 1. The van der Waals surface area contributed by atoms with Gasteiger partial charge in [0.25, 0.3) is 0 Å². The molecule has 3 N–H and O–H groups in total. The van der Waals surface area contributed by atoms with E-state index in [1.807, 2.05) is 0 Å². The van der Waals surface area contributed by atoms with Crippen molar-refractivity contribution in [1.29, 1.82) is 0 Å². The maximum Gasteiger partial charge on any atom is 0.244 e.